The van der Waals surface area contributed by atoms with E-state index in [1.54, 1.807) is 13.8 Å². The van der Waals surface area contributed by atoms with E-state index in [1.165, 1.54) is 0 Å². The predicted octanol–water partition coefficient (Wildman–Crippen LogP) is 3.85. The molecule has 0 unspecified atom stereocenters. The third-order valence-corrected chi connectivity index (χ3v) is 6.62. The molecule has 0 aliphatic heterocycles. The molecule has 0 heterocycles. The highest BCUT2D eigenvalue weighted by Crippen LogP contribution is 2.35. The molecule has 0 aliphatic carbocycles. The Morgan fingerprint density at radius 3 is 1.44 bits per heavy atom. The molecule has 0 radical (unpaired) electrons. The molecule has 3 heteroatoms. The first kappa shape index (κ1) is 17.3. The van der Waals surface area contributed by atoms with Crippen LogP contribution >= 0.6 is 7.92 Å². The summed E-state index contributed by atoms with van der Waals surface area (Å²) in [6.45, 7) is 3.18. The number of Topliss-reactive ketones (excluding diaryl/α,β-unsaturated/α-hetero) is 2. The maximum Gasteiger partial charge on any atom is 0.160 e. The minimum atomic E-state index is -0.994. The Kier molecular flexibility index (Phi) is 5.21. The lowest BCUT2D eigenvalue weighted by Crippen LogP contribution is -2.27. The zero-order valence-electron chi connectivity index (χ0n) is 14.3. The zero-order chi connectivity index (χ0) is 17.8. The standard InChI is InChI=1S/C22H19O2P/c1-16(23)19-12-6-8-14-21(19)25(18-10-4-3-5-11-18)22-15-9-7-13-20(22)17(2)24/h3-15H,1-2H3. The van der Waals surface area contributed by atoms with E-state index in [9.17, 15) is 9.59 Å². The second kappa shape index (κ2) is 7.55. The van der Waals surface area contributed by atoms with Crippen molar-refractivity contribution >= 4 is 35.4 Å². The lowest BCUT2D eigenvalue weighted by molar-refractivity contribution is 0.101. The number of hydrogen-bond acceptors (Lipinski definition) is 2. The van der Waals surface area contributed by atoms with Gasteiger partial charge in [0.15, 0.2) is 11.6 Å². The van der Waals surface area contributed by atoms with Crippen LogP contribution in [0, 0.1) is 0 Å². The number of rotatable bonds is 5. The maximum atomic E-state index is 12.2. The summed E-state index contributed by atoms with van der Waals surface area (Å²) >= 11 is 0. The summed E-state index contributed by atoms with van der Waals surface area (Å²) in [6.07, 6.45) is 0. The van der Waals surface area contributed by atoms with Crippen LogP contribution < -0.4 is 15.9 Å². The Labute approximate surface area is 149 Å². The van der Waals surface area contributed by atoms with Crippen molar-refractivity contribution in [2.45, 2.75) is 13.8 Å². The highest BCUT2D eigenvalue weighted by Gasteiger charge is 2.23. The Balaban J connectivity index is 2.30. The van der Waals surface area contributed by atoms with Crippen molar-refractivity contribution in [3.05, 3.63) is 90.0 Å². The van der Waals surface area contributed by atoms with Crippen LogP contribution in [-0.2, 0) is 0 Å². The lowest BCUT2D eigenvalue weighted by atomic mass is 10.1. The molecule has 25 heavy (non-hydrogen) atoms. The van der Waals surface area contributed by atoms with Crippen molar-refractivity contribution < 1.29 is 9.59 Å². The minimum absolute atomic E-state index is 0.0411. The molecule has 0 aliphatic rings. The van der Waals surface area contributed by atoms with Crippen molar-refractivity contribution in [3.8, 4) is 0 Å². The fraction of sp³-hybridized carbons (Fsp3) is 0.0909. The highest BCUT2D eigenvalue weighted by atomic mass is 31.1. The van der Waals surface area contributed by atoms with E-state index in [0.29, 0.717) is 0 Å². The van der Waals surface area contributed by atoms with Crippen LogP contribution in [0.15, 0.2) is 78.9 Å². The second-order valence-corrected chi connectivity index (χ2v) is 7.97. The van der Waals surface area contributed by atoms with Gasteiger partial charge in [-0.3, -0.25) is 9.59 Å². The number of carbonyl (C=O) groups is 2. The molecule has 0 bridgehead atoms. The maximum absolute atomic E-state index is 12.2. The van der Waals surface area contributed by atoms with Gasteiger partial charge < -0.3 is 0 Å². The summed E-state index contributed by atoms with van der Waals surface area (Å²) in [5.41, 5.74) is 1.44. The molecular weight excluding hydrogens is 327 g/mol. The molecule has 2 nitrogen and oxygen atoms in total. The summed E-state index contributed by atoms with van der Waals surface area (Å²) in [6, 6.07) is 25.5. The fourth-order valence-corrected chi connectivity index (χ4v) is 5.62. The third-order valence-electron chi connectivity index (χ3n) is 4.06. The molecule has 0 spiro atoms. The van der Waals surface area contributed by atoms with E-state index in [-0.39, 0.29) is 11.6 Å². The Morgan fingerprint density at radius 2 is 1.00 bits per heavy atom. The molecule has 0 amide bonds. The van der Waals surface area contributed by atoms with Gasteiger partial charge in [-0.25, -0.2) is 0 Å². The van der Waals surface area contributed by atoms with Crippen LogP contribution in [0.4, 0.5) is 0 Å². The quantitative estimate of drug-likeness (QED) is 0.519. The first-order valence-electron chi connectivity index (χ1n) is 8.14. The molecule has 0 fully saturated rings. The van der Waals surface area contributed by atoms with Gasteiger partial charge in [-0.15, -0.1) is 0 Å². The zero-order valence-corrected chi connectivity index (χ0v) is 15.2. The SMILES string of the molecule is CC(=O)c1ccccc1P(c1ccccc1)c1ccccc1C(C)=O. The van der Waals surface area contributed by atoms with Crippen molar-refractivity contribution in [2.24, 2.45) is 0 Å². The minimum Gasteiger partial charge on any atom is -0.294 e. The molecule has 3 aromatic rings. The van der Waals surface area contributed by atoms with Gasteiger partial charge in [0, 0.05) is 11.1 Å². The monoisotopic (exact) mass is 346 g/mol. The smallest absolute Gasteiger partial charge is 0.160 e. The fourth-order valence-electron chi connectivity index (χ4n) is 2.92. The number of hydrogen-bond donors (Lipinski definition) is 0. The Morgan fingerprint density at radius 1 is 0.600 bits per heavy atom. The molecule has 3 aromatic carbocycles. The Hall–Kier alpha value is -2.57. The average molecular weight is 346 g/mol. The number of ketones is 2. The van der Waals surface area contributed by atoms with E-state index in [4.69, 9.17) is 0 Å². The molecule has 0 saturated heterocycles. The van der Waals surface area contributed by atoms with Crippen molar-refractivity contribution in [1.82, 2.24) is 0 Å². The largest absolute Gasteiger partial charge is 0.294 e. The molecule has 3 rings (SSSR count). The summed E-state index contributed by atoms with van der Waals surface area (Å²) in [5, 5.41) is 3.11. The van der Waals surface area contributed by atoms with Gasteiger partial charge in [-0.05, 0) is 37.7 Å². The number of benzene rings is 3. The van der Waals surface area contributed by atoms with Gasteiger partial charge in [0.05, 0.1) is 0 Å². The van der Waals surface area contributed by atoms with Crippen LogP contribution in [0.3, 0.4) is 0 Å². The van der Waals surface area contributed by atoms with E-state index < -0.39 is 7.92 Å². The molecule has 0 atom stereocenters. The van der Waals surface area contributed by atoms with Crippen LogP contribution in [0.1, 0.15) is 34.6 Å². The van der Waals surface area contributed by atoms with E-state index in [0.717, 1.165) is 27.0 Å². The normalized spacial score (nSPS) is 10.7. The first-order valence-corrected chi connectivity index (χ1v) is 9.49. The molecule has 0 aromatic heterocycles. The van der Waals surface area contributed by atoms with Gasteiger partial charge in [-0.2, -0.15) is 0 Å². The van der Waals surface area contributed by atoms with Crippen LogP contribution in [0.2, 0.25) is 0 Å². The second-order valence-electron chi connectivity index (χ2n) is 5.82. The predicted molar refractivity (Wildman–Crippen MR) is 105 cm³/mol. The van der Waals surface area contributed by atoms with Crippen LogP contribution in [-0.4, -0.2) is 11.6 Å². The van der Waals surface area contributed by atoms with E-state index >= 15 is 0 Å². The van der Waals surface area contributed by atoms with Crippen molar-refractivity contribution in [2.75, 3.05) is 0 Å². The molecule has 0 saturated carbocycles. The van der Waals surface area contributed by atoms with Gasteiger partial charge in [0.2, 0.25) is 0 Å². The third kappa shape index (κ3) is 3.60. The molecule has 124 valence electrons. The van der Waals surface area contributed by atoms with Gasteiger partial charge in [0.25, 0.3) is 0 Å². The van der Waals surface area contributed by atoms with Gasteiger partial charge in [-0.1, -0.05) is 78.9 Å². The van der Waals surface area contributed by atoms with Crippen molar-refractivity contribution in [3.63, 3.8) is 0 Å². The first-order chi connectivity index (χ1) is 12.1. The van der Waals surface area contributed by atoms with Crippen LogP contribution in [0.5, 0.6) is 0 Å². The summed E-state index contributed by atoms with van der Waals surface area (Å²) in [4.78, 5) is 24.4. The Bertz CT molecular complexity index is 859. The highest BCUT2D eigenvalue weighted by molar-refractivity contribution is 7.80. The average Bonchev–Trinajstić information content (AvgIpc) is 2.63. The summed E-state index contributed by atoms with van der Waals surface area (Å²) < 4.78 is 0. The molecular formula is C22H19O2P. The number of carbonyl (C=O) groups excluding carboxylic acids is 2. The topological polar surface area (TPSA) is 34.1 Å². The summed E-state index contributed by atoms with van der Waals surface area (Å²) in [7, 11) is -0.994. The summed E-state index contributed by atoms with van der Waals surface area (Å²) in [5.74, 6) is 0.0821. The van der Waals surface area contributed by atoms with Gasteiger partial charge >= 0.3 is 0 Å². The molecule has 0 N–H and O–H groups in total. The van der Waals surface area contributed by atoms with Crippen molar-refractivity contribution in [1.29, 1.82) is 0 Å². The van der Waals surface area contributed by atoms with E-state index in [2.05, 4.69) is 12.1 Å². The van der Waals surface area contributed by atoms with E-state index in [1.807, 2.05) is 66.7 Å². The lowest BCUT2D eigenvalue weighted by Gasteiger charge is -2.23. The van der Waals surface area contributed by atoms with Gasteiger partial charge in [0.1, 0.15) is 0 Å². The van der Waals surface area contributed by atoms with Crippen LogP contribution in [0.25, 0.3) is 0 Å².